The molecule has 0 saturated heterocycles. The van der Waals surface area contributed by atoms with Gasteiger partial charge in [-0.3, -0.25) is 9.59 Å². The summed E-state index contributed by atoms with van der Waals surface area (Å²) in [4.78, 5) is 23.0. The highest BCUT2D eigenvalue weighted by molar-refractivity contribution is 9.16. The quantitative estimate of drug-likeness (QED) is 0.690. The molecule has 0 radical (unpaired) electrons. The lowest BCUT2D eigenvalue weighted by Crippen LogP contribution is -2.20. The predicted molar refractivity (Wildman–Crippen MR) is 60.6 cm³/mol. The van der Waals surface area contributed by atoms with Gasteiger partial charge in [-0.1, -0.05) is 24.3 Å². The molecule has 0 spiro atoms. The number of ketones is 2. The fraction of sp³-hybridized carbons (Fsp3) is 0. The van der Waals surface area contributed by atoms with Crippen LogP contribution in [-0.4, -0.2) is 11.6 Å². The number of rotatable bonds is 0. The molecule has 0 amide bonds. The van der Waals surface area contributed by atoms with Gasteiger partial charge >= 0.3 is 0 Å². The van der Waals surface area contributed by atoms with Crippen molar-refractivity contribution in [2.24, 2.45) is 0 Å². The molecule has 0 heterocycles. The van der Waals surface area contributed by atoms with Crippen molar-refractivity contribution in [1.29, 1.82) is 0 Å². The summed E-state index contributed by atoms with van der Waals surface area (Å²) in [6, 6.07) is 7.01. The molecule has 0 aromatic heterocycles. The van der Waals surface area contributed by atoms with Crippen molar-refractivity contribution >= 4 is 47.9 Å². The van der Waals surface area contributed by atoms with Crippen LogP contribution in [0.5, 0.6) is 0 Å². The first kappa shape index (κ1) is 9.80. The predicted octanol–water partition coefficient (Wildman–Crippen LogP) is 2.91. The molecule has 0 atom stereocenters. The van der Waals surface area contributed by atoms with E-state index in [2.05, 4.69) is 31.9 Å². The fourth-order valence-corrected chi connectivity index (χ4v) is 2.23. The van der Waals surface area contributed by atoms with Crippen LogP contribution in [0.4, 0.5) is 0 Å². The van der Waals surface area contributed by atoms with Crippen LogP contribution in [0.1, 0.15) is 15.9 Å². The molecule has 1 aromatic rings. The summed E-state index contributed by atoms with van der Waals surface area (Å²) in [5.41, 5.74) is 1.21. The molecular formula is C10H4Br2O2. The minimum atomic E-state index is -0.504. The normalized spacial score (nSPS) is 15.9. The van der Waals surface area contributed by atoms with Crippen molar-refractivity contribution in [2.75, 3.05) is 0 Å². The minimum Gasteiger partial charge on any atom is -0.285 e. The summed E-state index contributed by atoms with van der Waals surface area (Å²) in [7, 11) is 0. The van der Waals surface area contributed by atoms with Crippen LogP contribution in [-0.2, 0) is 4.79 Å². The lowest BCUT2D eigenvalue weighted by molar-refractivity contribution is -0.111. The Balaban J connectivity index is 2.78. The van der Waals surface area contributed by atoms with Crippen LogP contribution in [0.15, 0.2) is 28.7 Å². The van der Waals surface area contributed by atoms with E-state index < -0.39 is 11.6 Å². The fourth-order valence-electron chi connectivity index (χ4n) is 1.31. The number of allylic oxidation sites excluding steroid dienone is 1. The monoisotopic (exact) mass is 314 g/mol. The van der Waals surface area contributed by atoms with Crippen LogP contribution in [0, 0.1) is 0 Å². The molecule has 0 aliphatic heterocycles. The molecule has 2 nitrogen and oxygen atoms in total. The molecule has 1 aliphatic carbocycles. The van der Waals surface area contributed by atoms with Crippen LogP contribution >= 0.6 is 31.9 Å². The second-order valence-corrected chi connectivity index (χ2v) is 4.42. The molecule has 14 heavy (non-hydrogen) atoms. The van der Waals surface area contributed by atoms with Crippen LogP contribution < -0.4 is 0 Å². The number of benzene rings is 1. The molecule has 1 aliphatic rings. The summed E-state index contributed by atoms with van der Waals surface area (Å²) in [5.74, 6) is -0.966. The second kappa shape index (κ2) is 3.44. The number of carbonyl (C=O) groups excluding carboxylic acids is 2. The molecule has 1 aromatic carbocycles. The van der Waals surface area contributed by atoms with E-state index in [0.29, 0.717) is 14.5 Å². The SMILES string of the molecule is O=C1C(=O)c2ccccc2C(Br)=C1Br. The third kappa shape index (κ3) is 1.29. The van der Waals surface area contributed by atoms with Gasteiger partial charge in [0.15, 0.2) is 0 Å². The minimum absolute atomic E-state index is 0.293. The van der Waals surface area contributed by atoms with Crippen LogP contribution in [0.3, 0.4) is 0 Å². The Morgan fingerprint density at radius 3 is 2.00 bits per heavy atom. The van der Waals surface area contributed by atoms with Gasteiger partial charge in [0, 0.05) is 15.6 Å². The van der Waals surface area contributed by atoms with Gasteiger partial charge in [-0.25, -0.2) is 0 Å². The van der Waals surface area contributed by atoms with Crippen molar-refractivity contribution in [3.05, 3.63) is 39.9 Å². The van der Waals surface area contributed by atoms with E-state index in [1.807, 2.05) is 6.07 Å². The highest BCUT2D eigenvalue weighted by Crippen LogP contribution is 2.36. The summed E-state index contributed by atoms with van der Waals surface area (Å²) in [6.07, 6.45) is 0. The van der Waals surface area contributed by atoms with E-state index in [0.717, 1.165) is 5.56 Å². The highest BCUT2D eigenvalue weighted by atomic mass is 79.9. The number of halogens is 2. The molecular weight excluding hydrogens is 312 g/mol. The standard InChI is InChI=1S/C10H4Br2O2/c11-7-5-3-1-2-4-6(5)9(13)10(14)8(7)12/h1-4H. The molecule has 0 unspecified atom stereocenters. The Hall–Kier alpha value is -0.740. The van der Waals surface area contributed by atoms with Crippen molar-refractivity contribution in [2.45, 2.75) is 0 Å². The van der Waals surface area contributed by atoms with E-state index in [1.54, 1.807) is 18.2 Å². The zero-order valence-corrected chi connectivity index (χ0v) is 10.1. The molecule has 0 saturated carbocycles. The lowest BCUT2D eigenvalue weighted by Gasteiger charge is -2.13. The van der Waals surface area contributed by atoms with Crippen molar-refractivity contribution in [1.82, 2.24) is 0 Å². The Morgan fingerprint density at radius 2 is 1.36 bits per heavy atom. The summed E-state index contributed by atoms with van der Waals surface area (Å²) in [6.45, 7) is 0. The van der Waals surface area contributed by atoms with Crippen LogP contribution in [0.25, 0.3) is 4.48 Å². The number of hydrogen-bond acceptors (Lipinski definition) is 2. The molecule has 70 valence electrons. The van der Waals surface area contributed by atoms with Gasteiger partial charge in [0.1, 0.15) is 0 Å². The van der Waals surface area contributed by atoms with Gasteiger partial charge in [0.05, 0.1) is 4.48 Å². The average Bonchev–Trinajstić information content (AvgIpc) is 2.23. The largest absolute Gasteiger partial charge is 0.285 e. The molecule has 2 rings (SSSR count). The second-order valence-electron chi connectivity index (χ2n) is 2.83. The maximum absolute atomic E-state index is 11.5. The van der Waals surface area contributed by atoms with Crippen molar-refractivity contribution in [3.63, 3.8) is 0 Å². The Bertz CT molecular complexity index is 475. The molecule has 0 bridgehead atoms. The zero-order valence-electron chi connectivity index (χ0n) is 6.88. The smallest absolute Gasteiger partial charge is 0.241 e. The molecule has 0 N–H and O–H groups in total. The number of carbonyl (C=O) groups is 2. The van der Waals surface area contributed by atoms with E-state index >= 15 is 0 Å². The third-order valence-electron chi connectivity index (χ3n) is 2.01. The summed E-state index contributed by atoms with van der Waals surface area (Å²) < 4.78 is 0.930. The Morgan fingerprint density at radius 1 is 0.786 bits per heavy atom. The van der Waals surface area contributed by atoms with E-state index in [4.69, 9.17) is 0 Å². The number of hydrogen-bond donors (Lipinski definition) is 0. The first-order valence-corrected chi connectivity index (χ1v) is 5.45. The first-order chi connectivity index (χ1) is 6.63. The Kier molecular flexibility index (Phi) is 2.41. The Labute approximate surface area is 97.3 Å². The number of Topliss-reactive ketones (excluding diaryl/α,β-unsaturated/α-hetero) is 2. The van der Waals surface area contributed by atoms with E-state index in [-0.39, 0.29) is 0 Å². The number of fused-ring (bicyclic) bond motifs is 1. The topological polar surface area (TPSA) is 34.1 Å². The van der Waals surface area contributed by atoms with Gasteiger partial charge in [0.2, 0.25) is 11.6 Å². The molecule has 0 fully saturated rings. The van der Waals surface area contributed by atoms with Gasteiger partial charge in [0.25, 0.3) is 0 Å². The van der Waals surface area contributed by atoms with Gasteiger partial charge in [-0.05, 0) is 31.9 Å². The maximum atomic E-state index is 11.5. The van der Waals surface area contributed by atoms with Gasteiger partial charge in [-0.15, -0.1) is 0 Å². The average molecular weight is 316 g/mol. The van der Waals surface area contributed by atoms with E-state index in [9.17, 15) is 9.59 Å². The van der Waals surface area contributed by atoms with Gasteiger partial charge in [-0.2, -0.15) is 0 Å². The summed E-state index contributed by atoms with van der Waals surface area (Å²) >= 11 is 6.37. The first-order valence-electron chi connectivity index (χ1n) is 3.86. The molecule has 4 heteroatoms. The van der Waals surface area contributed by atoms with Crippen LogP contribution in [0.2, 0.25) is 0 Å². The third-order valence-corrected chi connectivity index (χ3v) is 4.12. The lowest BCUT2D eigenvalue weighted by atomic mass is 9.95. The highest BCUT2D eigenvalue weighted by Gasteiger charge is 2.29. The zero-order chi connectivity index (χ0) is 10.3. The maximum Gasteiger partial charge on any atom is 0.241 e. The van der Waals surface area contributed by atoms with Crippen molar-refractivity contribution in [3.8, 4) is 0 Å². The van der Waals surface area contributed by atoms with E-state index in [1.165, 1.54) is 0 Å². The van der Waals surface area contributed by atoms with Gasteiger partial charge < -0.3 is 0 Å². The van der Waals surface area contributed by atoms with Crippen molar-refractivity contribution < 1.29 is 9.59 Å². The summed E-state index contributed by atoms with van der Waals surface area (Å²) in [5, 5.41) is 0.